The lowest BCUT2D eigenvalue weighted by atomic mass is 10.1. The van der Waals surface area contributed by atoms with E-state index in [1.54, 1.807) is 0 Å². The third-order valence-corrected chi connectivity index (χ3v) is 4.53. The maximum atomic E-state index is 12.5. The highest BCUT2D eigenvalue weighted by molar-refractivity contribution is 6.04. The van der Waals surface area contributed by atoms with Gasteiger partial charge in [-0.05, 0) is 30.3 Å². The summed E-state index contributed by atoms with van der Waals surface area (Å²) in [5.41, 5.74) is 3.70. The van der Waals surface area contributed by atoms with Gasteiger partial charge in [0.25, 0.3) is 5.91 Å². The number of aromatic amines is 1. The minimum Gasteiger partial charge on any atom is -0.347 e. The Bertz CT molecular complexity index is 852. The van der Waals surface area contributed by atoms with Crippen LogP contribution in [0.1, 0.15) is 35.5 Å². The van der Waals surface area contributed by atoms with Crippen LogP contribution in [0.2, 0.25) is 0 Å². The number of carbonyl (C=O) groups excluding carboxylic acids is 1. The van der Waals surface area contributed by atoms with Gasteiger partial charge in [0.1, 0.15) is 0 Å². The Morgan fingerprint density at radius 2 is 1.72 bits per heavy atom. The molecule has 0 atom stereocenters. The Balaban J connectivity index is 1.72. The Labute approximate surface area is 148 Å². The van der Waals surface area contributed by atoms with E-state index >= 15 is 0 Å². The van der Waals surface area contributed by atoms with Gasteiger partial charge in [0.05, 0.1) is 5.52 Å². The number of fused-ring (bicyclic) bond motifs is 1. The topological polar surface area (TPSA) is 61.0 Å². The fourth-order valence-electron chi connectivity index (χ4n) is 2.97. The predicted molar refractivity (Wildman–Crippen MR) is 100 cm³/mol. The second-order valence-corrected chi connectivity index (χ2v) is 6.03. The number of H-pyrrole nitrogens is 1. The van der Waals surface area contributed by atoms with Crippen LogP contribution >= 0.6 is 0 Å². The van der Waals surface area contributed by atoms with Crippen molar-refractivity contribution in [3.05, 3.63) is 65.4 Å². The quantitative estimate of drug-likeness (QED) is 0.696. The molecule has 3 aromatic rings. The zero-order valence-corrected chi connectivity index (χ0v) is 14.7. The number of hydrogen-bond donors (Lipinski definition) is 2. The summed E-state index contributed by atoms with van der Waals surface area (Å²) in [6.45, 7) is 7.74. The lowest BCUT2D eigenvalue weighted by molar-refractivity contribution is 0.0947. The molecule has 0 aliphatic heterocycles. The fraction of sp³-hybridized carbons (Fsp3) is 0.300. The van der Waals surface area contributed by atoms with Gasteiger partial charge in [0.15, 0.2) is 5.69 Å². The van der Waals surface area contributed by atoms with Crippen LogP contribution < -0.4 is 5.32 Å². The summed E-state index contributed by atoms with van der Waals surface area (Å²) >= 11 is 0. The molecule has 0 bridgehead atoms. The Morgan fingerprint density at radius 1 is 1.04 bits per heavy atom. The molecule has 0 saturated heterocycles. The number of benzene rings is 2. The van der Waals surface area contributed by atoms with E-state index in [-0.39, 0.29) is 5.91 Å². The van der Waals surface area contributed by atoms with Gasteiger partial charge in [-0.1, -0.05) is 56.3 Å². The van der Waals surface area contributed by atoms with Gasteiger partial charge < -0.3 is 5.32 Å². The number of hydrogen-bond acceptors (Lipinski definition) is 3. The second kappa shape index (κ2) is 7.94. The van der Waals surface area contributed by atoms with Gasteiger partial charge in [-0.15, -0.1) is 0 Å². The van der Waals surface area contributed by atoms with Crippen LogP contribution in [0.15, 0.2) is 48.5 Å². The first-order valence-corrected chi connectivity index (χ1v) is 8.73. The molecule has 2 aromatic carbocycles. The van der Waals surface area contributed by atoms with Gasteiger partial charge in [-0.2, -0.15) is 5.10 Å². The molecule has 130 valence electrons. The molecule has 5 heteroatoms. The van der Waals surface area contributed by atoms with Crippen molar-refractivity contribution < 1.29 is 4.79 Å². The third-order valence-electron chi connectivity index (χ3n) is 4.53. The maximum absolute atomic E-state index is 12.5. The highest BCUT2D eigenvalue weighted by Crippen LogP contribution is 2.16. The smallest absolute Gasteiger partial charge is 0.272 e. The molecule has 0 radical (unpaired) electrons. The number of aromatic nitrogens is 2. The molecule has 0 aliphatic carbocycles. The maximum Gasteiger partial charge on any atom is 0.272 e. The first kappa shape index (κ1) is 17.2. The molecule has 1 heterocycles. The molecule has 0 saturated carbocycles. The van der Waals surface area contributed by atoms with Crippen LogP contribution in [-0.2, 0) is 13.1 Å². The van der Waals surface area contributed by atoms with Crippen LogP contribution in [-0.4, -0.2) is 34.1 Å². The average molecular weight is 336 g/mol. The summed E-state index contributed by atoms with van der Waals surface area (Å²) in [6.07, 6.45) is 0. The van der Waals surface area contributed by atoms with Crippen molar-refractivity contribution in [2.24, 2.45) is 0 Å². The summed E-state index contributed by atoms with van der Waals surface area (Å²) in [4.78, 5) is 14.9. The standard InChI is InChI=1S/C20H24N4O/c1-3-24(4-2)14-16-10-6-5-9-15(16)13-21-20(25)19-17-11-7-8-12-18(17)22-23-19/h5-12H,3-4,13-14H2,1-2H3,(H,21,25)(H,22,23). The van der Waals surface area contributed by atoms with Crippen molar-refractivity contribution in [3.63, 3.8) is 0 Å². The zero-order chi connectivity index (χ0) is 17.6. The molecular formula is C20H24N4O. The average Bonchev–Trinajstić information content (AvgIpc) is 3.09. The summed E-state index contributed by atoms with van der Waals surface area (Å²) in [5, 5.41) is 10.9. The molecule has 0 fully saturated rings. The van der Waals surface area contributed by atoms with E-state index in [1.807, 2.05) is 36.4 Å². The summed E-state index contributed by atoms with van der Waals surface area (Å²) < 4.78 is 0. The molecule has 5 nitrogen and oxygen atoms in total. The SMILES string of the molecule is CCN(CC)Cc1ccccc1CNC(=O)c1n[nH]c2ccccc12. The van der Waals surface area contributed by atoms with Crippen LogP contribution in [0.4, 0.5) is 0 Å². The number of carbonyl (C=O) groups is 1. The van der Waals surface area contributed by atoms with Crippen molar-refractivity contribution >= 4 is 16.8 Å². The van der Waals surface area contributed by atoms with Crippen molar-refractivity contribution in [3.8, 4) is 0 Å². The second-order valence-electron chi connectivity index (χ2n) is 6.03. The first-order valence-electron chi connectivity index (χ1n) is 8.73. The number of nitrogens with one attached hydrogen (secondary N) is 2. The van der Waals surface area contributed by atoms with Crippen molar-refractivity contribution in [1.82, 2.24) is 20.4 Å². The largest absolute Gasteiger partial charge is 0.347 e. The molecule has 1 aromatic heterocycles. The van der Waals surface area contributed by atoms with Crippen LogP contribution in [0.3, 0.4) is 0 Å². The molecule has 25 heavy (non-hydrogen) atoms. The number of nitrogens with zero attached hydrogens (tertiary/aromatic N) is 2. The lowest BCUT2D eigenvalue weighted by Crippen LogP contribution is -2.26. The third kappa shape index (κ3) is 3.88. The van der Waals surface area contributed by atoms with Gasteiger partial charge in [0, 0.05) is 18.5 Å². The molecule has 1 amide bonds. The molecular weight excluding hydrogens is 312 g/mol. The molecule has 3 rings (SSSR count). The zero-order valence-electron chi connectivity index (χ0n) is 14.7. The monoisotopic (exact) mass is 336 g/mol. The lowest BCUT2D eigenvalue weighted by Gasteiger charge is -2.20. The fourth-order valence-corrected chi connectivity index (χ4v) is 2.97. The highest BCUT2D eigenvalue weighted by atomic mass is 16.1. The van der Waals surface area contributed by atoms with E-state index in [0.717, 1.165) is 36.1 Å². The van der Waals surface area contributed by atoms with E-state index < -0.39 is 0 Å². The Morgan fingerprint density at radius 3 is 2.48 bits per heavy atom. The van der Waals surface area contributed by atoms with E-state index in [1.165, 1.54) is 5.56 Å². The van der Waals surface area contributed by atoms with Crippen LogP contribution in [0.25, 0.3) is 10.9 Å². The Hall–Kier alpha value is -2.66. The normalized spacial score (nSPS) is 11.2. The van der Waals surface area contributed by atoms with Crippen molar-refractivity contribution in [2.75, 3.05) is 13.1 Å². The van der Waals surface area contributed by atoms with Gasteiger partial charge in [0.2, 0.25) is 0 Å². The molecule has 0 spiro atoms. The van der Waals surface area contributed by atoms with Crippen LogP contribution in [0.5, 0.6) is 0 Å². The first-order chi connectivity index (χ1) is 12.2. The minimum absolute atomic E-state index is 0.157. The van der Waals surface area contributed by atoms with Gasteiger partial charge in [-0.25, -0.2) is 0 Å². The number of amides is 1. The Kier molecular flexibility index (Phi) is 5.46. The van der Waals surface area contributed by atoms with E-state index in [4.69, 9.17) is 0 Å². The predicted octanol–water partition coefficient (Wildman–Crippen LogP) is 3.33. The minimum atomic E-state index is -0.157. The van der Waals surface area contributed by atoms with E-state index in [2.05, 4.69) is 46.4 Å². The van der Waals surface area contributed by atoms with E-state index in [9.17, 15) is 4.79 Å². The van der Waals surface area contributed by atoms with Crippen LogP contribution in [0, 0.1) is 0 Å². The van der Waals surface area contributed by atoms with E-state index in [0.29, 0.717) is 12.2 Å². The molecule has 2 N–H and O–H groups in total. The molecule has 0 unspecified atom stereocenters. The van der Waals surface area contributed by atoms with Gasteiger partial charge >= 0.3 is 0 Å². The number of para-hydroxylation sites is 1. The number of rotatable bonds is 7. The highest BCUT2D eigenvalue weighted by Gasteiger charge is 2.14. The van der Waals surface area contributed by atoms with Crippen molar-refractivity contribution in [1.29, 1.82) is 0 Å². The molecule has 0 aliphatic rings. The summed E-state index contributed by atoms with van der Waals surface area (Å²) in [7, 11) is 0. The van der Waals surface area contributed by atoms with Gasteiger partial charge in [-0.3, -0.25) is 14.8 Å². The van der Waals surface area contributed by atoms with Crippen molar-refractivity contribution in [2.45, 2.75) is 26.9 Å². The summed E-state index contributed by atoms with van der Waals surface area (Å²) in [6, 6.07) is 15.9. The summed E-state index contributed by atoms with van der Waals surface area (Å²) in [5.74, 6) is -0.157.